The van der Waals surface area contributed by atoms with Gasteiger partial charge in [0.05, 0.1) is 5.02 Å². The smallest absolute Gasteiger partial charge is 0.245 e. The molecule has 0 bridgehead atoms. The maximum absolute atomic E-state index is 13.3. The zero-order valence-corrected chi connectivity index (χ0v) is 14.7. The number of nitrogens with zero attached hydrogens (tertiary/aromatic N) is 1. The lowest BCUT2D eigenvalue weighted by atomic mass is 10.00. The molecular weight excluding hydrogens is 383 g/mol. The van der Waals surface area contributed by atoms with Gasteiger partial charge in [-0.2, -0.15) is 4.31 Å². The molecule has 1 aliphatic rings. The highest BCUT2D eigenvalue weighted by Crippen LogP contribution is 2.35. The first-order valence-corrected chi connectivity index (χ1v) is 9.28. The van der Waals surface area contributed by atoms with Gasteiger partial charge in [0.2, 0.25) is 10.0 Å². The van der Waals surface area contributed by atoms with E-state index in [0.717, 1.165) is 25.0 Å². The van der Waals surface area contributed by atoms with Crippen molar-refractivity contribution in [2.24, 2.45) is 5.73 Å². The molecule has 1 heterocycles. The summed E-state index contributed by atoms with van der Waals surface area (Å²) in [7, 11) is -3.83. The van der Waals surface area contributed by atoms with E-state index in [1.165, 1.54) is 4.31 Å². The molecule has 2 atom stereocenters. The van der Waals surface area contributed by atoms with Gasteiger partial charge in [0.1, 0.15) is 10.7 Å². The van der Waals surface area contributed by atoms with Crippen molar-refractivity contribution in [1.29, 1.82) is 0 Å². The zero-order chi connectivity index (χ0) is 15.8. The van der Waals surface area contributed by atoms with Crippen LogP contribution in [0.25, 0.3) is 0 Å². The van der Waals surface area contributed by atoms with Crippen LogP contribution >= 0.6 is 27.5 Å². The Kier molecular flexibility index (Phi) is 5.31. The van der Waals surface area contributed by atoms with Gasteiger partial charge in [-0.05, 0) is 47.8 Å². The quantitative estimate of drug-likeness (QED) is 0.849. The molecule has 2 rings (SSSR count). The van der Waals surface area contributed by atoms with E-state index in [2.05, 4.69) is 15.9 Å². The summed E-state index contributed by atoms with van der Waals surface area (Å²) in [5.41, 5.74) is 5.92. The van der Waals surface area contributed by atoms with Gasteiger partial charge in [0.25, 0.3) is 0 Å². The van der Waals surface area contributed by atoms with Gasteiger partial charge in [-0.15, -0.1) is 0 Å². The van der Waals surface area contributed by atoms with Crippen LogP contribution in [0.4, 0.5) is 4.39 Å². The van der Waals surface area contributed by atoms with Crippen molar-refractivity contribution in [2.75, 3.05) is 6.54 Å². The van der Waals surface area contributed by atoms with Crippen LogP contribution in [0.1, 0.15) is 26.2 Å². The molecule has 21 heavy (non-hydrogen) atoms. The molecule has 0 aliphatic carbocycles. The molecule has 1 aromatic rings. The van der Waals surface area contributed by atoms with E-state index >= 15 is 0 Å². The average Bonchev–Trinajstić information content (AvgIpc) is 2.37. The summed E-state index contributed by atoms with van der Waals surface area (Å²) in [6.07, 6.45) is 2.43. The minimum Gasteiger partial charge on any atom is -0.326 e. The summed E-state index contributed by atoms with van der Waals surface area (Å²) in [6, 6.07) is 1.56. The predicted octanol–water partition coefficient (Wildman–Crippen LogP) is 3.13. The lowest BCUT2D eigenvalue weighted by molar-refractivity contribution is 0.227. The predicted molar refractivity (Wildman–Crippen MR) is 84.3 cm³/mol. The Morgan fingerprint density at radius 3 is 2.71 bits per heavy atom. The summed E-state index contributed by atoms with van der Waals surface area (Å²) in [6.45, 7) is 2.19. The van der Waals surface area contributed by atoms with Gasteiger partial charge in [0.15, 0.2) is 0 Å². The minimum absolute atomic E-state index is 0.0990. The van der Waals surface area contributed by atoms with Gasteiger partial charge >= 0.3 is 0 Å². The van der Waals surface area contributed by atoms with Crippen molar-refractivity contribution in [2.45, 2.75) is 43.2 Å². The molecule has 0 spiro atoms. The maximum atomic E-state index is 13.3. The van der Waals surface area contributed by atoms with E-state index in [1.54, 1.807) is 6.92 Å². The fraction of sp³-hybridized carbons (Fsp3) is 0.538. The first-order valence-electron chi connectivity index (χ1n) is 6.67. The highest BCUT2D eigenvalue weighted by atomic mass is 79.9. The Balaban J connectivity index is 2.51. The fourth-order valence-corrected chi connectivity index (χ4v) is 6.17. The summed E-state index contributed by atoms with van der Waals surface area (Å²) < 4.78 is 40.6. The Labute approximate surface area is 137 Å². The van der Waals surface area contributed by atoms with Crippen LogP contribution < -0.4 is 5.73 Å². The summed E-state index contributed by atoms with van der Waals surface area (Å²) in [5, 5.41) is -0.129. The monoisotopic (exact) mass is 398 g/mol. The molecule has 1 aliphatic heterocycles. The number of hydrogen-bond donors (Lipinski definition) is 1. The molecule has 2 N–H and O–H groups in total. The molecule has 8 heteroatoms. The Hall–Kier alpha value is -0.210. The third-order valence-electron chi connectivity index (χ3n) is 3.63. The number of halogens is 3. The van der Waals surface area contributed by atoms with Gasteiger partial charge in [0, 0.05) is 23.1 Å². The van der Waals surface area contributed by atoms with Gasteiger partial charge in [-0.1, -0.05) is 18.0 Å². The molecule has 0 amide bonds. The molecule has 1 fully saturated rings. The minimum atomic E-state index is -3.83. The van der Waals surface area contributed by atoms with Crippen LogP contribution in [0.3, 0.4) is 0 Å². The molecule has 1 aromatic carbocycles. The highest BCUT2D eigenvalue weighted by molar-refractivity contribution is 9.10. The number of piperidine rings is 1. The normalized spacial score (nSPS) is 22.2. The van der Waals surface area contributed by atoms with Gasteiger partial charge in [-0.3, -0.25) is 0 Å². The van der Waals surface area contributed by atoms with Crippen molar-refractivity contribution in [1.82, 2.24) is 4.31 Å². The molecule has 118 valence electrons. The van der Waals surface area contributed by atoms with E-state index in [4.69, 9.17) is 17.3 Å². The van der Waals surface area contributed by atoms with E-state index in [1.807, 2.05) is 0 Å². The second-order valence-electron chi connectivity index (χ2n) is 5.24. The number of rotatable bonds is 3. The summed E-state index contributed by atoms with van der Waals surface area (Å²) in [5.74, 6) is -0.590. The van der Waals surface area contributed by atoms with E-state index < -0.39 is 15.8 Å². The van der Waals surface area contributed by atoms with E-state index in [9.17, 15) is 12.8 Å². The standard InChI is InChI=1S/C13H17BrClFN2O2S/c1-8(17)12-4-2-3-5-18(12)21(19,20)13-10(14)6-9(16)7-11(13)15/h6-8,12H,2-5,17H2,1H3. The second-order valence-corrected chi connectivity index (χ2v) is 8.33. The Morgan fingerprint density at radius 2 is 2.14 bits per heavy atom. The third-order valence-corrected chi connectivity index (χ3v) is 6.96. The molecular formula is C13H17BrClFN2O2S. The van der Waals surface area contributed by atoms with Crippen LogP contribution in [-0.4, -0.2) is 31.4 Å². The molecule has 0 aromatic heterocycles. The maximum Gasteiger partial charge on any atom is 0.245 e. The van der Waals surface area contributed by atoms with Gasteiger partial charge < -0.3 is 5.73 Å². The lowest BCUT2D eigenvalue weighted by Gasteiger charge is -2.37. The molecule has 0 saturated carbocycles. The highest BCUT2D eigenvalue weighted by Gasteiger charge is 2.37. The number of hydrogen-bond acceptors (Lipinski definition) is 3. The molecule has 4 nitrogen and oxygen atoms in total. The molecule has 0 radical (unpaired) electrons. The van der Waals surface area contributed by atoms with E-state index in [0.29, 0.717) is 13.0 Å². The fourth-order valence-electron chi connectivity index (χ4n) is 2.65. The molecule has 2 unspecified atom stereocenters. The van der Waals surface area contributed by atoms with Crippen molar-refractivity contribution in [3.05, 3.63) is 27.4 Å². The third kappa shape index (κ3) is 3.42. The van der Waals surface area contributed by atoms with Crippen LogP contribution in [0.15, 0.2) is 21.5 Å². The molecule has 1 saturated heterocycles. The van der Waals surface area contributed by atoms with E-state index in [-0.39, 0.29) is 26.5 Å². The Bertz CT molecular complexity index is 616. The number of sulfonamides is 1. The SMILES string of the molecule is CC(N)C1CCCCN1S(=O)(=O)c1c(Cl)cc(F)cc1Br. The van der Waals surface area contributed by atoms with Crippen molar-refractivity contribution in [3.63, 3.8) is 0 Å². The topological polar surface area (TPSA) is 63.4 Å². The summed E-state index contributed by atoms with van der Waals surface area (Å²) >= 11 is 9.05. The zero-order valence-electron chi connectivity index (χ0n) is 11.5. The number of nitrogens with two attached hydrogens (primary N) is 1. The average molecular weight is 400 g/mol. The Morgan fingerprint density at radius 1 is 1.48 bits per heavy atom. The summed E-state index contributed by atoms with van der Waals surface area (Å²) in [4.78, 5) is -0.0990. The van der Waals surface area contributed by atoms with Crippen molar-refractivity contribution in [3.8, 4) is 0 Å². The van der Waals surface area contributed by atoms with Crippen molar-refractivity contribution >= 4 is 37.6 Å². The second kappa shape index (κ2) is 6.50. The van der Waals surface area contributed by atoms with Crippen LogP contribution in [-0.2, 0) is 10.0 Å². The van der Waals surface area contributed by atoms with Crippen LogP contribution in [0.5, 0.6) is 0 Å². The lowest BCUT2D eigenvalue weighted by Crippen LogP contribution is -2.51. The van der Waals surface area contributed by atoms with Crippen molar-refractivity contribution < 1.29 is 12.8 Å². The first-order chi connectivity index (χ1) is 9.75. The number of benzene rings is 1. The van der Waals surface area contributed by atoms with Crippen LogP contribution in [0.2, 0.25) is 5.02 Å². The first kappa shape index (κ1) is 17.1. The van der Waals surface area contributed by atoms with Crippen LogP contribution in [0, 0.1) is 5.82 Å². The largest absolute Gasteiger partial charge is 0.326 e. The van der Waals surface area contributed by atoms with Gasteiger partial charge in [-0.25, -0.2) is 12.8 Å².